The van der Waals surface area contributed by atoms with E-state index in [-0.39, 0.29) is 24.2 Å². The molecular formula is C21H25N3O3. The minimum Gasteiger partial charge on any atom is -0.497 e. The third-order valence-electron chi connectivity index (χ3n) is 4.80. The number of hydrogen-bond acceptors (Lipinski definition) is 3. The number of aryl methyl sites for hydroxylation is 1. The van der Waals surface area contributed by atoms with Crippen molar-refractivity contribution in [3.05, 3.63) is 64.6 Å². The van der Waals surface area contributed by atoms with Gasteiger partial charge in [-0.05, 0) is 43.2 Å². The molecule has 1 amide bonds. The number of ether oxygens (including phenoxy) is 1. The van der Waals surface area contributed by atoms with Gasteiger partial charge in [0, 0.05) is 6.54 Å². The van der Waals surface area contributed by atoms with Crippen molar-refractivity contribution in [1.29, 1.82) is 0 Å². The Morgan fingerprint density at radius 1 is 1.04 bits per heavy atom. The Balaban J connectivity index is 1.81. The first-order valence-corrected chi connectivity index (χ1v) is 9.20. The van der Waals surface area contributed by atoms with Crippen molar-refractivity contribution in [3.63, 3.8) is 0 Å². The van der Waals surface area contributed by atoms with E-state index in [0.29, 0.717) is 6.54 Å². The SMILES string of the molecule is CCC(NC(=O)Cn1c(=O)n(CC)c2ccccc21)c1ccc(OC)cc1. The lowest BCUT2D eigenvalue weighted by Crippen LogP contribution is -2.35. The number of rotatable bonds is 7. The third-order valence-corrected chi connectivity index (χ3v) is 4.80. The van der Waals surface area contributed by atoms with Gasteiger partial charge in [0.15, 0.2) is 0 Å². The highest BCUT2D eigenvalue weighted by atomic mass is 16.5. The van der Waals surface area contributed by atoms with E-state index in [4.69, 9.17) is 4.74 Å². The lowest BCUT2D eigenvalue weighted by molar-refractivity contribution is -0.122. The summed E-state index contributed by atoms with van der Waals surface area (Å²) in [6.45, 7) is 4.51. The number of fused-ring (bicyclic) bond motifs is 1. The molecule has 3 rings (SSSR count). The van der Waals surface area contributed by atoms with Crippen molar-refractivity contribution in [2.24, 2.45) is 0 Å². The van der Waals surface area contributed by atoms with Gasteiger partial charge >= 0.3 is 5.69 Å². The molecule has 0 saturated carbocycles. The lowest BCUT2D eigenvalue weighted by Gasteiger charge is -2.18. The Hall–Kier alpha value is -3.02. The highest BCUT2D eigenvalue weighted by Crippen LogP contribution is 2.20. The highest BCUT2D eigenvalue weighted by molar-refractivity contribution is 5.81. The quantitative estimate of drug-likeness (QED) is 0.698. The van der Waals surface area contributed by atoms with E-state index in [9.17, 15) is 9.59 Å². The fourth-order valence-corrected chi connectivity index (χ4v) is 3.37. The summed E-state index contributed by atoms with van der Waals surface area (Å²) < 4.78 is 8.40. The molecule has 2 aromatic carbocycles. The first kappa shape index (κ1) is 18.8. The van der Waals surface area contributed by atoms with E-state index < -0.39 is 0 Å². The molecule has 1 heterocycles. The van der Waals surface area contributed by atoms with E-state index >= 15 is 0 Å². The average Bonchev–Trinajstić information content (AvgIpc) is 2.97. The van der Waals surface area contributed by atoms with Crippen LogP contribution in [0.1, 0.15) is 31.9 Å². The summed E-state index contributed by atoms with van der Waals surface area (Å²) in [5, 5.41) is 3.04. The van der Waals surface area contributed by atoms with Crippen molar-refractivity contribution in [2.75, 3.05) is 7.11 Å². The maximum Gasteiger partial charge on any atom is 0.329 e. The number of nitrogens with one attached hydrogen (secondary N) is 1. The number of methoxy groups -OCH3 is 1. The standard InChI is InChI=1S/C21H25N3O3/c1-4-17(15-10-12-16(27-3)13-11-15)22-20(25)14-24-19-9-7-6-8-18(19)23(5-2)21(24)26/h6-13,17H,4-5,14H2,1-3H3,(H,22,25). The monoisotopic (exact) mass is 367 g/mol. The van der Waals surface area contributed by atoms with Gasteiger partial charge in [-0.3, -0.25) is 13.9 Å². The summed E-state index contributed by atoms with van der Waals surface area (Å²) in [7, 11) is 1.62. The summed E-state index contributed by atoms with van der Waals surface area (Å²) in [5.41, 5.74) is 2.47. The van der Waals surface area contributed by atoms with E-state index in [0.717, 1.165) is 28.8 Å². The molecular weight excluding hydrogens is 342 g/mol. The molecule has 0 fully saturated rings. The van der Waals surface area contributed by atoms with Crippen LogP contribution in [0.2, 0.25) is 0 Å². The maximum absolute atomic E-state index is 12.7. The Morgan fingerprint density at radius 2 is 1.67 bits per heavy atom. The van der Waals surface area contributed by atoms with Crippen LogP contribution in [0.4, 0.5) is 0 Å². The second-order valence-electron chi connectivity index (χ2n) is 6.40. The molecule has 6 nitrogen and oxygen atoms in total. The van der Waals surface area contributed by atoms with Crippen LogP contribution in [-0.2, 0) is 17.9 Å². The van der Waals surface area contributed by atoms with Gasteiger partial charge in [0.1, 0.15) is 12.3 Å². The number of imidazole rings is 1. The minimum absolute atomic E-state index is 0.000991. The number of hydrogen-bond donors (Lipinski definition) is 1. The minimum atomic E-state index is -0.182. The van der Waals surface area contributed by atoms with Crippen molar-refractivity contribution in [2.45, 2.75) is 39.4 Å². The molecule has 1 aromatic heterocycles. The van der Waals surface area contributed by atoms with Gasteiger partial charge < -0.3 is 10.1 Å². The van der Waals surface area contributed by atoms with Crippen molar-refractivity contribution >= 4 is 16.9 Å². The normalized spacial score (nSPS) is 12.1. The van der Waals surface area contributed by atoms with Crippen LogP contribution in [0.15, 0.2) is 53.3 Å². The van der Waals surface area contributed by atoms with Crippen molar-refractivity contribution in [1.82, 2.24) is 14.5 Å². The first-order chi connectivity index (χ1) is 13.1. The summed E-state index contributed by atoms with van der Waals surface area (Å²) in [4.78, 5) is 25.3. The average molecular weight is 367 g/mol. The number of amides is 1. The highest BCUT2D eigenvalue weighted by Gasteiger charge is 2.17. The number of nitrogens with zero attached hydrogens (tertiary/aromatic N) is 2. The van der Waals surface area contributed by atoms with E-state index in [1.807, 2.05) is 62.4 Å². The van der Waals surface area contributed by atoms with Crippen LogP contribution in [0.25, 0.3) is 11.0 Å². The predicted molar refractivity (Wildman–Crippen MR) is 106 cm³/mol. The maximum atomic E-state index is 12.7. The van der Waals surface area contributed by atoms with Crippen molar-refractivity contribution in [3.8, 4) is 5.75 Å². The molecule has 1 unspecified atom stereocenters. The van der Waals surface area contributed by atoms with E-state index in [2.05, 4.69) is 5.32 Å². The molecule has 0 bridgehead atoms. The molecule has 0 saturated heterocycles. The molecule has 3 aromatic rings. The smallest absolute Gasteiger partial charge is 0.329 e. The summed E-state index contributed by atoms with van der Waals surface area (Å²) in [5.74, 6) is 0.595. The second-order valence-corrected chi connectivity index (χ2v) is 6.40. The summed E-state index contributed by atoms with van der Waals surface area (Å²) in [6, 6.07) is 15.1. The zero-order valence-corrected chi connectivity index (χ0v) is 15.9. The predicted octanol–water partition coefficient (Wildman–Crippen LogP) is 3.10. The van der Waals surface area contributed by atoms with Crippen LogP contribution in [0.5, 0.6) is 5.75 Å². The Bertz CT molecular complexity index is 986. The van der Waals surface area contributed by atoms with Crippen LogP contribution in [0.3, 0.4) is 0 Å². The molecule has 1 atom stereocenters. The van der Waals surface area contributed by atoms with Crippen LogP contribution in [-0.4, -0.2) is 22.2 Å². The molecule has 1 N–H and O–H groups in total. The van der Waals surface area contributed by atoms with E-state index in [1.165, 1.54) is 4.57 Å². The first-order valence-electron chi connectivity index (χ1n) is 9.20. The lowest BCUT2D eigenvalue weighted by atomic mass is 10.0. The number of carbonyl (C=O) groups is 1. The Labute approximate surface area is 158 Å². The topological polar surface area (TPSA) is 65.3 Å². The molecule has 0 radical (unpaired) electrons. The van der Waals surface area contributed by atoms with Crippen LogP contribution < -0.4 is 15.7 Å². The fraction of sp³-hybridized carbons (Fsp3) is 0.333. The van der Waals surface area contributed by atoms with Gasteiger partial charge in [-0.15, -0.1) is 0 Å². The zero-order chi connectivity index (χ0) is 19.4. The number of carbonyl (C=O) groups excluding carboxylic acids is 1. The third kappa shape index (κ3) is 3.74. The van der Waals surface area contributed by atoms with E-state index in [1.54, 1.807) is 11.7 Å². The molecule has 0 aliphatic rings. The molecule has 0 aliphatic heterocycles. The fourth-order valence-electron chi connectivity index (χ4n) is 3.37. The van der Waals surface area contributed by atoms with Gasteiger partial charge in [0.05, 0.1) is 24.2 Å². The van der Waals surface area contributed by atoms with Gasteiger partial charge in [0.25, 0.3) is 0 Å². The number of benzene rings is 2. The second kappa shape index (κ2) is 8.12. The number of aromatic nitrogens is 2. The largest absolute Gasteiger partial charge is 0.497 e. The summed E-state index contributed by atoms with van der Waals surface area (Å²) in [6.07, 6.45) is 0.754. The van der Waals surface area contributed by atoms with Crippen LogP contribution >= 0.6 is 0 Å². The zero-order valence-electron chi connectivity index (χ0n) is 15.9. The van der Waals surface area contributed by atoms with Crippen molar-refractivity contribution < 1.29 is 9.53 Å². The molecule has 0 aliphatic carbocycles. The van der Waals surface area contributed by atoms with Gasteiger partial charge in [-0.2, -0.15) is 0 Å². The van der Waals surface area contributed by atoms with Gasteiger partial charge in [-0.1, -0.05) is 31.2 Å². The Morgan fingerprint density at radius 3 is 2.22 bits per heavy atom. The molecule has 0 spiro atoms. The number of para-hydroxylation sites is 2. The molecule has 142 valence electrons. The van der Waals surface area contributed by atoms with Gasteiger partial charge in [0.2, 0.25) is 5.91 Å². The molecule has 27 heavy (non-hydrogen) atoms. The molecule has 6 heteroatoms. The van der Waals surface area contributed by atoms with Gasteiger partial charge in [-0.25, -0.2) is 4.79 Å². The Kier molecular flexibility index (Phi) is 5.64. The van der Waals surface area contributed by atoms with Crippen LogP contribution in [0, 0.1) is 0 Å². The summed E-state index contributed by atoms with van der Waals surface area (Å²) >= 11 is 0.